The van der Waals surface area contributed by atoms with Crippen molar-refractivity contribution >= 4 is 11.0 Å². The van der Waals surface area contributed by atoms with Crippen molar-refractivity contribution in [1.82, 2.24) is 9.55 Å². The molecule has 0 amide bonds. The first-order valence-electron chi connectivity index (χ1n) is 6.38. The van der Waals surface area contributed by atoms with Crippen LogP contribution in [-0.4, -0.2) is 14.7 Å². The van der Waals surface area contributed by atoms with Crippen molar-refractivity contribution in [2.45, 2.75) is 12.6 Å². The molecule has 0 fully saturated rings. The Bertz CT molecular complexity index is 847. The van der Waals surface area contributed by atoms with Gasteiger partial charge in [-0.2, -0.15) is 0 Å². The van der Waals surface area contributed by atoms with Gasteiger partial charge in [-0.3, -0.25) is 0 Å². The molecule has 3 aromatic rings. The van der Waals surface area contributed by atoms with Gasteiger partial charge >= 0.3 is 0 Å². The van der Waals surface area contributed by atoms with Crippen molar-refractivity contribution in [3.05, 3.63) is 65.5 Å². The van der Waals surface area contributed by atoms with E-state index in [2.05, 4.69) is 4.98 Å². The van der Waals surface area contributed by atoms with E-state index < -0.39 is 29.4 Å². The van der Waals surface area contributed by atoms with Crippen LogP contribution in [0.5, 0.6) is 0 Å². The van der Waals surface area contributed by atoms with Gasteiger partial charge in [0.1, 0.15) is 0 Å². The molecule has 0 saturated heterocycles. The van der Waals surface area contributed by atoms with E-state index in [4.69, 9.17) is 0 Å². The van der Waals surface area contributed by atoms with Crippen molar-refractivity contribution in [1.29, 1.82) is 0 Å². The Labute approximate surface area is 122 Å². The number of fused-ring (bicyclic) bond motifs is 1. The quantitative estimate of drug-likeness (QED) is 0.754. The van der Waals surface area contributed by atoms with E-state index in [0.29, 0.717) is 5.52 Å². The molecular weight excluding hydrogens is 300 g/mol. The van der Waals surface area contributed by atoms with Crippen LogP contribution in [0.2, 0.25) is 0 Å². The highest BCUT2D eigenvalue weighted by molar-refractivity contribution is 5.75. The summed E-state index contributed by atoms with van der Waals surface area (Å²) in [5, 5.41) is 10.1. The molecule has 1 atom stereocenters. The number of hydrogen-bond donors (Lipinski definition) is 1. The molecule has 22 heavy (non-hydrogen) atoms. The van der Waals surface area contributed by atoms with Crippen LogP contribution < -0.4 is 0 Å². The van der Waals surface area contributed by atoms with E-state index in [-0.39, 0.29) is 17.6 Å². The van der Waals surface area contributed by atoms with Crippen molar-refractivity contribution in [3.63, 3.8) is 0 Å². The Balaban J connectivity index is 1.92. The number of benzene rings is 2. The van der Waals surface area contributed by atoms with Crippen LogP contribution >= 0.6 is 0 Å². The highest BCUT2D eigenvalue weighted by Crippen LogP contribution is 2.22. The van der Waals surface area contributed by atoms with E-state index in [1.165, 1.54) is 17.0 Å². The molecular formula is C15H10F4N2O. The first kappa shape index (κ1) is 14.5. The molecule has 3 rings (SSSR count). The van der Waals surface area contributed by atoms with Gasteiger partial charge in [0.15, 0.2) is 23.3 Å². The first-order valence-corrected chi connectivity index (χ1v) is 6.38. The second kappa shape index (κ2) is 5.42. The first-order chi connectivity index (χ1) is 10.5. The van der Waals surface area contributed by atoms with Crippen LogP contribution in [0.4, 0.5) is 17.6 Å². The SMILES string of the molecule is OC(Cn1cnc2cc(F)c(F)cc21)c1ccc(F)c(F)c1. The standard InChI is InChI=1S/C15H10F4N2O/c16-9-2-1-8(3-10(9)17)15(22)6-21-7-20-13-4-11(18)12(19)5-14(13)21/h1-5,7,15,22H,6H2. The third kappa shape index (κ3) is 2.55. The molecule has 0 aliphatic rings. The Morgan fingerprint density at radius 1 is 0.955 bits per heavy atom. The minimum Gasteiger partial charge on any atom is -0.387 e. The Morgan fingerprint density at radius 3 is 2.36 bits per heavy atom. The summed E-state index contributed by atoms with van der Waals surface area (Å²) in [5.41, 5.74) is 0.695. The van der Waals surface area contributed by atoms with E-state index in [1.807, 2.05) is 0 Å². The molecule has 0 saturated carbocycles. The summed E-state index contributed by atoms with van der Waals surface area (Å²) in [4.78, 5) is 3.91. The zero-order valence-electron chi connectivity index (χ0n) is 11.1. The van der Waals surface area contributed by atoms with Gasteiger partial charge in [-0.15, -0.1) is 0 Å². The van der Waals surface area contributed by atoms with Crippen LogP contribution in [0, 0.1) is 23.3 Å². The van der Waals surface area contributed by atoms with Crippen molar-refractivity contribution in [2.75, 3.05) is 0 Å². The van der Waals surface area contributed by atoms with E-state index in [0.717, 1.165) is 24.3 Å². The molecule has 1 N–H and O–H groups in total. The average molecular weight is 310 g/mol. The van der Waals surface area contributed by atoms with Gasteiger partial charge in [-0.25, -0.2) is 22.5 Å². The second-order valence-electron chi connectivity index (χ2n) is 4.84. The summed E-state index contributed by atoms with van der Waals surface area (Å²) in [6, 6.07) is 4.97. The predicted octanol–water partition coefficient (Wildman–Crippen LogP) is 3.33. The minimum atomic E-state index is -1.15. The number of imidazole rings is 1. The third-order valence-electron chi connectivity index (χ3n) is 3.36. The fraction of sp³-hybridized carbons (Fsp3) is 0.133. The number of nitrogens with zero attached hydrogens (tertiary/aromatic N) is 2. The molecule has 0 radical (unpaired) electrons. The Morgan fingerprint density at radius 2 is 1.64 bits per heavy atom. The predicted molar refractivity (Wildman–Crippen MR) is 71.0 cm³/mol. The average Bonchev–Trinajstić information content (AvgIpc) is 2.84. The fourth-order valence-corrected chi connectivity index (χ4v) is 2.21. The second-order valence-corrected chi connectivity index (χ2v) is 4.84. The van der Waals surface area contributed by atoms with Crippen LogP contribution in [-0.2, 0) is 6.54 Å². The van der Waals surface area contributed by atoms with Crippen LogP contribution in [0.3, 0.4) is 0 Å². The molecule has 1 heterocycles. The molecule has 3 nitrogen and oxygen atoms in total. The van der Waals surface area contributed by atoms with E-state index in [1.54, 1.807) is 0 Å². The van der Waals surface area contributed by atoms with Crippen molar-refractivity contribution < 1.29 is 22.7 Å². The summed E-state index contributed by atoms with van der Waals surface area (Å²) in [6.07, 6.45) is 0.160. The van der Waals surface area contributed by atoms with Crippen LogP contribution in [0.15, 0.2) is 36.7 Å². The Kier molecular flexibility index (Phi) is 3.58. The van der Waals surface area contributed by atoms with Gasteiger partial charge in [0, 0.05) is 12.1 Å². The smallest absolute Gasteiger partial charge is 0.161 e. The molecule has 0 aliphatic heterocycles. The summed E-state index contributed by atoms with van der Waals surface area (Å²) in [5.74, 6) is -4.13. The van der Waals surface area contributed by atoms with Gasteiger partial charge in [-0.1, -0.05) is 6.07 Å². The fourth-order valence-electron chi connectivity index (χ4n) is 2.21. The number of aromatic nitrogens is 2. The van der Waals surface area contributed by atoms with Crippen LogP contribution in [0.1, 0.15) is 11.7 Å². The monoisotopic (exact) mass is 310 g/mol. The molecule has 2 aromatic carbocycles. The maximum absolute atomic E-state index is 13.3. The topological polar surface area (TPSA) is 38.0 Å². The molecule has 7 heteroatoms. The largest absolute Gasteiger partial charge is 0.387 e. The summed E-state index contributed by atoms with van der Waals surface area (Å²) in [7, 11) is 0. The lowest BCUT2D eigenvalue weighted by Crippen LogP contribution is -2.08. The zero-order chi connectivity index (χ0) is 15.9. The highest BCUT2D eigenvalue weighted by Gasteiger charge is 2.15. The summed E-state index contributed by atoms with van der Waals surface area (Å²) >= 11 is 0. The number of rotatable bonds is 3. The van der Waals surface area contributed by atoms with Gasteiger partial charge in [0.25, 0.3) is 0 Å². The van der Waals surface area contributed by atoms with E-state index in [9.17, 15) is 22.7 Å². The molecule has 1 aromatic heterocycles. The molecule has 114 valence electrons. The number of hydrogen-bond acceptors (Lipinski definition) is 2. The third-order valence-corrected chi connectivity index (χ3v) is 3.36. The van der Waals surface area contributed by atoms with Gasteiger partial charge in [0.2, 0.25) is 0 Å². The van der Waals surface area contributed by atoms with Crippen molar-refractivity contribution in [3.8, 4) is 0 Å². The van der Waals surface area contributed by atoms with Gasteiger partial charge in [0.05, 0.1) is 30.0 Å². The zero-order valence-corrected chi connectivity index (χ0v) is 11.1. The lowest BCUT2D eigenvalue weighted by molar-refractivity contribution is 0.157. The van der Waals surface area contributed by atoms with Crippen LogP contribution in [0.25, 0.3) is 11.0 Å². The van der Waals surface area contributed by atoms with Gasteiger partial charge < -0.3 is 9.67 Å². The number of aliphatic hydroxyl groups excluding tert-OH is 1. The van der Waals surface area contributed by atoms with Crippen molar-refractivity contribution in [2.24, 2.45) is 0 Å². The Hall–Kier alpha value is -2.41. The summed E-state index contributed by atoms with van der Waals surface area (Å²) in [6.45, 7) is -0.0629. The molecule has 0 bridgehead atoms. The summed E-state index contributed by atoms with van der Waals surface area (Å²) < 4.78 is 53.9. The van der Waals surface area contributed by atoms with Gasteiger partial charge in [-0.05, 0) is 17.7 Å². The molecule has 0 aliphatic carbocycles. The minimum absolute atomic E-state index is 0.0629. The maximum Gasteiger partial charge on any atom is 0.161 e. The molecule has 1 unspecified atom stereocenters. The lowest BCUT2D eigenvalue weighted by atomic mass is 10.1. The molecule has 0 spiro atoms. The highest BCUT2D eigenvalue weighted by atomic mass is 19.2. The lowest BCUT2D eigenvalue weighted by Gasteiger charge is -2.13. The number of halogens is 4. The maximum atomic E-state index is 13.3. The number of aliphatic hydroxyl groups is 1. The van der Waals surface area contributed by atoms with E-state index >= 15 is 0 Å². The normalized spacial score (nSPS) is 12.8.